The SMILES string of the molecule is N#Cc1ccccc1C(=O)Nc1ccccc1N. The van der Waals surface area contributed by atoms with E-state index >= 15 is 0 Å². The van der Waals surface area contributed by atoms with Crippen LogP contribution in [0.2, 0.25) is 0 Å². The number of carbonyl (C=O) groups excluding carboxylic acids is 1. The Morgan fingerprint density at radius 2 is 1.78 bits per heavy atom. The summed E-state index contributed by atoms with van der Waals surface area (Å²) in [4.78, 5) is 12.0. The van der Waals surface area contributed by atoms with Crippen molar-refractivity contribution in [2.45, 2.75) is 0 Å². The zero-order chi connectivity index (χ0) is 13.0. The van der Waals surface area contributed by atoms with Crippen LogP contribution in [0.1, 0.15) is 15.9 Å². The highest BCUT2D eigenvalue weighted by molar-refractivity contribution is 6.07. The summed E-state index contributed by atoms with van der Waals surface area (Å²) < 4.78 is 0. The molecule has 88 valence electrons. The van der Waals surface area contributed by atoms with Crippen molar-refractivity contribution in [3.8, 4) is 6.07 Å². The fourth-order valence-corrected chi connectivity index (χ4v) is 1.58. The van der Waals surface area contributed by atoms with Crippen LogP contribution in [-0.4, -0.2) is 5.91 Å². The van der Waals surface area contributed by atoms with Gasteiger partial charge in [0.1, 0.15) is 0 Å². The van der Waals surface area contributed by atoms with Crippen molar-refractivity contribution < 1.29 is 4.79 Å². The molecule has 0 atom stereocenters. The Kier molecular flexibility index (Phi) is 3.26. The Labute approximate surface area is 105 Å². The third-order valence-corrected chi connectivity index (χ3v) is 2.50. The molecule has 2 rings (SSSR count). The van der Waals surface area contributed by atoms with Gasteiger partial charge in [0.05, 0.1) is 28.6 Å². The number of para-hydroxylation sites is 2. The van der Waals surface area contributed by atoms with Crippen molar-refractivity contribution in [2.75, 3.05) is 11.1 Å². The first-order valence-corrected chi connectivity index (χ1v) is 5.37. The van der Waals surface area contributed by atoms with Crippen LogP contribution >= 0.6 is 0 Å². The summed E-state index contributed by atoms with van der Waals surface area (Å²) in [6, 6.07) is 15.6. The lowest BCUT2D eigenvalue weighted by Crippen LogP contribution is -2.14. The van der Waals surface area contributed by atoms with Crippen LogP contribution in [0.25, 0.3) is 0 Å². The first-order valence-electron chi connectivity index (χ1n) is 5.37. The van der Waals surface area contributed by atoms with E-state index in [0.29, 0.717) is 22.5 Å². The molecule has 2 aromatic rings. The van der Waals surface area contributed by atoms with E-state index in [1.165, 1.54) is 0 Å². The minimum atomic E-state index is -0.343. The molecule has 4 heteroatoms. The fourth-order valence-electron chi connectivity index (χ4n) is 1.58. The van der Waals surface area contributed by atoms with E-state index in [4.69, 9.17) is 11.0 Å². The number of carbonyl (C=O) groups is 1. The molecule has 1 amide bonds. The average Bonchev–Trinajstić information content (AvgIpc) is 2.41. The van der Waals surface area contributed by atoms with Gasteiger partial charge in [0.25, 0.3) is 5.91 Å². The molecular weight excluding hydrogens is 226 g/mol. The van der Waals surface area contributed by atoms with Gasteiger partial charge in [-0.15, -0.1) is 0 Å². The minimum Gasteiger partial charge on any atom is -0.397 e. The molecule has 0 radical (unpaired) electrons. The van der Waals surface area contributed by atoms with Crippen LogP contribution in [0.15, 0.2) is 48.5 Å². The molecule has 18 heavy (non-hydrogen) atoms. The molecule has 0 spiro atoms. The summed E-state index contributed by atoms with van der Waals surface area (Å²) in [5.41, 5.74) is 7.44. The Hall–Kier alpha value is -2.80. The Morgan fingerprint density at radius 1 is 1.11 bits per heavy atom. The number of anilines is 2. The average molecular weight is 237 g/mol. The highest BCUT2D eigenvalue weighted by Gasteiger charge is 2.11. The second-order valence-corrected chi connectivity index (χ2v) is 3.70. The largest absolute Gasteiger partial charge is 0.397 e. The van der Waals surface area contributed by atoms with Crippen molar-refractivity contribution in [3.05, 3.63) is 59.7 Å². The van der Waals surface area contributed by atoms with E-state index in [1.54, 1.807) is 48.5 Å². The first-order chi connectivity index (χ1) is 8.72. The summed E-state index contributed by atoms with van der Waals surface area (Å²) in [6.07, 6.45) is 0. The van der Waals surface area contributed by atoms with Crippen LogP contribution < -0.4 is 11.1 Å². The monoisotopic (exact) mass is 237 g/mol. The van der Waals surface area contributed by atoms with Crippen molar-refractivity contribution in [3.63, 3.8) is 0 Å². The van der Waals surface area contributed by atoms with Crippen LogP contribution in [0.3, 0.4) is 0 Å². The molecule has 0 unspecified atom stereocenters. The summed E-state index contributed by atoms with van der Waals surface area (Å²) in [7, 11) is 0. The van der Waals surface area contributed by atoms with Crippen molar-refractivity contribution >= 4 is 17.3 Å². The Morgan fingerprint density at radius 3 is 2.50 bits per heavy atom. The van der Waals surface area contributed by atoms with E-state index in [2.05, 4.69) is 5.32 Å². The quantitative estimate of drug-likeness (QED) is 0.787. The maximum Gasteiger partial charge on any atom is 0.257 e. The summed E-state index contributed by atoms with van der Waals surface area (Å²) in [6.45, 7) is 0. The second-order valence-electron chi connectivity index (χ2n) is 3.70. The maximum atomic E-state index is 12.0. The molecule has 4 nitrogen and oxygen atoms in total. The number of amides is 1. The van der Waals surface area contributed by atoms with Gasteiger partial charge in [-0.25, -0.2) is 0 Å². The topological polar surface area (TPSA) is 78.9 Å². The minimum absolute atomic E-state index is 0.336. The molecular formula is C14H11N3O. The highest BCUT2D eigenvalue weighted by atomic mass is 16.1. The van der Waals surface area contributed by atoms with Gasteiger partial charge in [-0.1, -0.05) is 24.3 Å². The third-order valence-electron chi connectivity index (χ3n) is 2.50. The van der Waals surface area contributed by atoms with Crippen molar-refractivity contribution in [1.29, 1.82) is 5.26 Å². The van der Waals surface area contributed by atoms with Gasteiger partial charge in [-0.2, -0.15) is 5.26 Å². The lowest BCUT2D eigenvalue weighted by atomic mass is 10.1. The van der Waals surface area contributed by atoms with E-state index in [9.17, 15) is 4.79 Å². The second kappa shape index (κ2) is 5.02. The maximum absolute atomic E-state index is 12.0. The smallest absolute Gasteiger partial charge is 0.257 e. The van der Waals surface area contributed by atoms with Crippen LogP contribution in [0.5, 0.6) is 0 Å². The molecule has 0 aromatic heterocycles. The van der Waals surface area contributed by atoms with Crippen molar-refractivity contribution in [1.82, 2.24) is 0 Å². The third kappa shape index (κ3) is 2.30. The Balaban J connectivity index is 2.29. The standard InChI is InChI=1S/C14H11N3O/c15-9-10-5-1-2-6-11(10)14(18)17-13-8-4-3-7-12(13)16/h1-8H,16H2,(H,17,18). The lowest BCUT2D eigenvalue weighted by Gasteiger charge is -2.08. The van der Waals surface area contributed by atoms with E-state index in [-0.39, 0.29) is 5.91 Å². The number of hydrogen-bond donors (Lipinski definition) is 2. The van der Waals surface area contributed by atoms with Crippen molar-refractivity contribution in [2.24, 2.45) is 0 Å². The molecule has 2 aromatic carbocycles. The Bertz CT molecular complexity index is 629. The first kappa shape index (κ1) is 11.7. The molecule has 0 fully saturated rings. The number of nitrogen functional groups attached to an aromatic ring is 1. The zero-order valence-corrected chi connectivity index (χ0v) is 9.55. The van der Waals surface area contributed by atoms with Gasteiger partial charge >= 0.3 is 0 Å². The molecule has 0 saturated heterocycles. The number of nitrogens with zero attached hydrogens (tertiary/aromatic N) is 1. The predicted octanol–water partition coefficient (Wildman–Crippen LogP) is 2.39. The van der Waals surface area contributed by atoms with Gasteiger partial charge in [0.15, 0.2) is 0 Å². The van der Waals surface area contributed by atoms with Gasteiger partial charge in [0.2, 0.25) is 0 Å². The fraction of sp³-hybridized carbons (Fsp3) is 0. The molecule has 3 N–H and O–H groups in total. The molecule has 0 heterocycles. The van der Waals surface area contributed by atoms with Gasteiger partial charge in [-0.3, -0.25) is 4.79 Å². The number of rotatable bonds is 2. The molecule has 0 aliphatic heterocycles. The molecule has 0 bridgehead atoms. The van der Waals surface area contributed by atoms with Crippen LogP contribution in [0, 0.1) is 11.3 Å². The lowest BCUT2D eigenvalue weighted by molar-refractivity contribution is 0.102. The van der Waals surface area contributed by atoms with Crippen LogP contribution in [0.4, 0.5) is 11.4 Å². The predicted molar refractivity (Wildman–Crippen MR) is 70.0 cm³/mol. The normalized spacial score (nSPS) is 9.50. The zero-order valence-electron chi connectivity index (χ0n) is 9.55. The van der Waals surface area contributed by atoms with Gasteiger partial charge < -0.3 is 11.1 Å². The summed E-state index contributed by atoms with van der Waals surface area (Å²) in [5.74, 6) is -0.343. The number of nitriles is 1. The number of hydrogen-bond acceptors (Lipinski definition) is 3. The highest BCUT2D eigenvalue weighted by Crippen LogP contribution is 2.18. The number of nitrogens with two attached hydrogens (primary N) is 1. The number of benzene rings is 2. The summed E-state index contributed by atoms with van der Waals surface area (Å²) >= 11 is 0. The van der Waals surface area contributed by atoms with Gasteiger partial charge in [0, 0.05) is 0 Å². The van der Waals surface area contributed by atoms with E-state index < -0.39 is 0 Å². The summed E-state index contributed by atoms with van der Waals surface area (Å²) in [5, 5.41) is 11.6. The van der Waals surface area contributed by atoms with E-state index in [0.717, 1.165) is 0 Å². The molecule has 0 aliphatic rings. The molecule has 0 aliphatic carbocycles. The number of nitrogens with one attached hydrogen (secondary N) is 1. The van der Waals surface area contributed by atoms with Crippen LogP contribution in [-0.2, 0) is 0 Å². The van der Waals surface area contributed by atoms with Gasteiger partial charge in [-0.05, 0) is 24.3 Å². The molecule has 0 saturated carbocycles. The van der Waals surface area contributed by atoms with E-state index in [1.807, 2.05) is 6.07 Å².